The predicted octanol–water partition coefficient (Wildman–Crippen LogP) is 2.89. The molecule has 2 unspecified atom stereocenters. The van der Waals surface area contributed by atoms with Gasteiger partial charge in [-0.1, -0.05) is 13.0 Å². The van der Waals surface area contributed by atoms with Crippen LogP contribution in [0.3, 0.4) is 0 Å². The highest BCUT2D eigenvalue weighted by atomic mass is 35.5. The van der Waals surface area contributed by atoms with Crippen molar-refractivity contribution in [3.63, 3.8) is 0 Å². The molecule has 3 heteroatoms. The highest BCUT2D eigenvalue weighted by Gasteiger charge is 2.36. The quantitative estimate of drug-likeness (QED) is 0.782. The fraction of sp³-hybridized carbons (Fsp3) is 0.714. The minimum Gasteiger partial charge on any atom is -0.371 e. The Morgan fingerprint density at radius 1 is 1.59 bits per heavy atom. The topological polar surface area (TPSA) is 29.3 Å². The third kappa shape index (κ3) is 2.86. The van der Waals surface area contributed by atoms with Crippen LogP contribution >= 0.6 is 11.6 Å². The van der Waals surface area contributed by atoms with Crippen LogP contribution in [0, 0.1) is 5.41 Å². The summed E-state index contributed by atoms with van der Waals surface area (Å²) >= 11 is 6.18. The number of halogens is 1. The van der Waals surface area contributed by atoms with Gasteiger partial charge < -0.3 is 10.6 Å². The lowest BCUT2D eigenvalue weighted by atomic mass is 9.81. The van der Waals surface area contributed by atoms with E-state index in [9.17, 15) is 0 Å². The molecule has 2 N–H and O–H groups in total. The Morgan fingerprint density at radius 3 is 3.06 bits per heavy atom. The lowest BCUT2D eigenvalue weighted by Crippen LogP contribution is -2.29. The third-order valence-corrected chi connectivity index (χ3v) is 4.53. The standard InChI is InChI=1S/C14H23ClN2/c1-2-14(6-8-16)7-9-17(11-14)13-5-3-4-12(15)10-13/h3,5,10,12H,2,4,6-9,11,16H2,1H3. The molecule has 1 fully saturated rings. The third-order valence-electron chi connectivity index (χ3n) is 4.23. The van der Waals surface area contributed by atoms with Crippen molar-refractivity contribution in [2.75, 3.05) is 19.6 Å². The molecule has 1 aliphatic carbocycles. The van der Waals surface area contributed by atoms with E-state index in [0.29, 0.717) is 5.41 Å². The van der Waals surface area contributed by atoms with Crippen LogP contribution in [0.4, 0.5) is 0 Å². The normalized spacial score (nSPS) is 33.0. The smallest absolute Gasteiger partial charge is 0.0573 e. The molecule has 0 saturated carbocycles. The monoisotopic (exact) mass is 254 g/mol. The van der Waals surface area contributed by atoms with Crippen molar-refractivity contribution in [1.82, 2.24) is 4.90 Å². The van der Waals surface area contributed by atoms with Gasteiger partial charge in [-0.3, -0.25) is 0 Å². The SMILES string of the molecule is CCC1(CCN)CCN(C2=CC(Cl)CC=C2)C1. The van der Waals surface area contributed by atoms with Gasteiger partial charge in [0.15, 0.2) is 0 Å². The second-order valence-electron chi connectivity index (χ2n) is 5.31. The van der Waals surface area contributed by atoms with E-state index in [-0.39, 0.29) is 5.38 Å². The van der Waals surface area contributed by atoms with Crippen molar-refractivity contribution < 1.29 is 0 Å². The van der Waals surface area contributed by atoms with E-state index in [1.54, 1.807) is 0 Å². The number of nitrogens with zero attached hydrogens (tertiary/aromatic N) is 1. The van der Waals surface area contributed by atoms with Gasteiger partial charge in [0.2, 0.25) is 0 Å². The lowest BCUT2D eigenvalue weighted by molar-refractivity contribution is 0.259. The molecule has 0 aromatic carbocycles. The average molecular weight is 255 g/mol. The van der Waals surface area contributed by atoms with Gasteiger partial charge in [-0.15, -0.1) is 11.6 Å². The molecule has 0 amide bonds. The summed E-state index contributed by atoms with van der Waals surface area (Å²) in [5.41, 5.74) is 7.49. The van der Waals surface area contributed by atoms with Gasteiger partial charge in [0, 0.05) is 18.8 Å². The van der Waals surface area contributed by atoms with Gasteiger partial charge in [0.05, 0.1) is 5.38 Å². The van der Waals surface area contributed by atoms with Crippen LogP contribution in [0.2, 0.25) is 0 Å². The molecule has 0 radical (unpaired) electrons. The number of rotatable bonds is 4. The van der Waals surface area contributed by atoms with Crippen LogP contribution in [-0.2, 0) is 0 Å². The molecule has 2 nitrogen and oxygen atoms in total. The first kappa shape index (κ1) is 13.0. The van der Waals surface area contributed by atoms with Crippen molar-refractivity contribution in [2.45, 2.75) is 38.0 Å². The minimum atomic E-state index is 0.168. The van der Waals surface area contributed by atoms with Gasteiger partial charge in [0.1, 0.15) is 0 Å². The summed E-state index contributed by atoms with van der Waals surface area (Å²) < 4.78 is 0. The molecule has 0 bridgehead atoms. The Morgan fingerprint density at radius 2 is 2.41 bits per heavy atom. The summed E-state index contributed by atoms with van der Waals surface area (Å²) in [6.45, 7) is 5.37. The first-order valence-electron chi connectivity index (χ1n) is 6.66. The molecule has 1 heterocycles. The number of allylic oxidation sites excluding steroid dienone is 3. The zero-order valence-electron chi connectivity index (χ0n) is 10.7. The first-order valence-corrected chi connectivity index (χ1v) is 7.10. The zero-order valence-corrected chi connectivity index (χ0v) is 11.4. The van der Waals surface area contributed by atoms with E-state index in [1.807, 2.05) is 0 Å². The number of hydrogen-bond donors (Lipinski definition) is 1. The van der Waals surface area contributed by atoms with Gasteiger partial charge >= 0.3 is 0 Å². The van der Waals surface area contributed by atoms with Crippen molar-refractivity contribution in [3.8, 4) is 0 Å². The largest absolute Gasteiger partial charge is 0.371 e. The molecule has 2 aliphatic rings. The maximum absolute atomic E-state index is 6.18. The second-order valence-corrected chi connectivity index (χ2v) is 5.87. The van der Waals surface area contributed by atoms with Gasteiger partial charge in [-0.05, 0) is 49.8 Å². The lowest BCUT2D eigenvalue weighted by Gasteiger charge is -2.29. The number of likely N-dealkylation sites (tertiary alicyclic amines) is 1. The van der Waals surface area contributed by atoms with E-state index >= 15 is 0 Å². The van der Waals surface area contributed by atoms with Crippen molar-refractivity contribution in [2.24, 2.45) is 11.1 Å². The predicted molar refractivity (Wildman–Crippen MR) is 74.1 cm³/mol. The van der Waals surface area contributed by atoms with Crippen molar-refractivity contribution in [1.29, 1.82) is 0 Å². The minimum absolute atomic E-state index is 0.168. The van der Waals surface area contributed by atoms with E-state index in [4.69, 9.17) is 17.3 Å². The molecular formula is C14H23ClN2. The molecule has 1 aliphatic heterocycles. The van der Waals surface area contributed by atoms with E-state index in [1.165, 1.54) is 18.5 Å². The summed E-state index contributed by atoms with van der Waals surface area (Å²) in [5.74, 6) is 0. The molecule has 2 atom stereocenters. The Hall–Kier alpha value is -0.470. The number of nitrogens with two attached hydrogens (primary N) is 1. The molecule has 1 saturated heterocycles. The zero-order chi connectivity index (χ0) is 12.3. The van der Waals surface area contributed by atoms with Crippen LogP contribution in [0.1, 0.15) is 32.6 Å². The fourth-order valence-electron chi connectivity index (χ4n) is 2.97. The first-order chi connectivity index (χ1) is 8.19. The summed E-state index contributed by atoms with van der Waals surface area (Å²) in [6, 6.07) is 0. The summed E-state index contributed by atoms with van der Waals surface area (Å²) in [6.07, 6.45) is 11.2. The molecule has 96 valence electrons. The maximum atomic E-state index is 6.18. The number of hydrogen-bond acceptors (Lipinski definition) is 2. The highest BCUT2D eigenvalue weighted by molar-refractivity contribution is 6.22. The van der Waals surface area contributed by atoms with Crippen molar-refractivity contribution in [3.05, 3.63) is 23.9 Å². The Labute approximate surface area is 109 Å². The average Bonchev–Trinajstić information content (AvgIpc) is 2.75. The fourth-order valence-corrected chi connectivity index (χ4v) is 3.20. The van der Waals surface area contributed by atoms with Gasteiger partial charge in [-0.2, -0.15) is 0 Å². The molecule has 0 aromatic rings. The van der Waals surface area contributed by atoms with E-state index < -0.39 is 0 Å². The van der Waals surface area contributed by atoms with E-state index in [0.717, 1.165) is 32.5 Å². The summed E-state index contributed by atoms with van der Waals surface area (Å²) in [5, 5.41) is 0.168. The molecule has 2 rings (SSSR count). The maximum Gasteiger partial charge on any atom is 0.0573 e. The van der Waals surface area contributed by atoms with Crippen LogP contribution < -0.4 is 5.73 Å². The van der Waals surface area contributed by atoms with E-state index in [2.05, 4.69) is 30.1 Å². The summed E-state index contributed by atoms with van der Waals surface area (Å²) in [7, 11) is 0. The highest BCUT2D eigenvalue weighted by Crippen LogP contribution is 2.39. The molecular weight excluding hydrogens is 232 g/mol. The van der Waals surface area contributed by atoms with Gasteiger partial charge in [-0.25, -0.2) is 0 Å². The second kappa shape index (κ2) is 5.45. The Balaban J connectivity index is 2.04. The van der Waals surface area contributed by atoms with Crippen LogP contribution in [-0.4, -0.2) is 29.9 Å². The molecule has 17 heavy (non-hydrogen) atoms. The molecule has 0 spiro atoms. The van der Waals surface area contributed by atoms with Crippen LogP contribution in [0.25, 0.3) is 0 Å². The van der Waals surface area contributed by atoms with Crippen molar-refractivity contribution >= 4 is 11.6 Å². The summed E-state index contributed by atoms with van der Waals surface area (Å²) in [4.78, 5) is 2.48. The van der Waals surface area contributed by atoms with Gasteiger partial charge in [0.25, 0.3) is 0 Å². The Kier molecular flexibility index (Phi) is 4.16. The Bertz CT molecular complexity index is 324. The van der Waals surface area contributed by atoms with Crippen LogP contribution in [0.15, 0.2) is 23.9 Å². The van der Waals surface area contributed by atoms with Crippen LogP contribution in [0.5, 0.6) is 0 Å². The number of alkyl halides is 1. The molecule has 0 aromatic heterocycles.